The average molecular weight is 888 g/mol. The van der Waals surface area contributed by atoms with E-state index in [0.29, 0.717) is 76.5 Å². The summed E-state index contributed by atoms with van der Waals surface area (Å²) < 4.78 is 53.2. The monoisotopic (exact) mass is 887 g/mol. The highest BCUT2D eigenvalue weighted by Crippen LogP contribution is 2.39. The maximum absolute atomic E-state index is 14.2. The van der Waals surface area contributed by atoms with Gasteiger partial charge in [-0.25, -0.2) is 9.59 Å². The Morgan fingerprint density at radius 2 is 1.56 bits per heavy atom. The Balaban J connectivity index is 0.910. The van der Waals surface area contributed by atoms with Gasteiger partial charge in [0.15, 0.2) is 6.10 Å². The number of likely N-dealkylation sites (tertiary alicyclic amines) is 4. The molecule has 18 heteroatoms. The summed E-state index contributed by atoms with van der Waals surface area (Å²) in [4.78, 5) is 74.2. The highest BCUT2D eigenvalue weighted by Gasteiger charge is 2.39. The number of anilines is 2. The fourth-order valence-electron chi connectivity index (χ4n) is 9.64. The number of nitrogens with zero attached hydrogens (tertiary/aromatic N) is 5. The maximum Gasteiger partial charge on any atom is 0.418 e. The first kappa shape index (κ1) is 45.3. The third-order valence-corrected chi connectivity index (χ3v) is 13.5. The van der Waals surface area contributed by atoms with Crippen LogP contribution in [0.25, 0.3) is 0 Å². The van der Waals surface area contributed by atoms with Crippen LogP contribution in [-0.2, 0) is 43.0 Å². The molecule has 4 saturated heterocycles. The number of hydrogen-bond donors (Lipinski definition) is 2. The Bertz CT molecular complexity index is 1950. The van der Waals surface area contributed by atoms with Crippen molar-refractivity contribution in [3.63, 3.8) is 0 Å². The van der Waals surface area contributed by atoms with E-state index in [2.05, 4.69) is 10.2 Å². The van der Waals surface area contributed by atoms with Crippen molar-refractivity contribution in [1.82, 2.24) is 24.5 Å². The number of carbonyl (C=O) groups is 5. The second kappa shape index (κ2) is 20.2. The lowest BCUT2D eigenvalue weighted by Gasteiger charge is -2.41. The van der Waals surface area contributed by atoms with Gasteiger partial charge in [0, 0.05) is 70.4 Å². The Morgan fingerprint density at radius 3 is 2.26 bits per heavy atom. The lowest BCUT2D eigenvalue weighted by atomic mass is 9.78. The predicted molar refractivity (Wildman–Crippen MR) is 225 cm³/mol. The van der Waals surface area contributed by atoms with Crippen molar-refractivity contribution in [3.05, 3.63) is 58.1 Å². The number of rotatable bonds is 12. The molecule has 14 nitrogen and oxygen atoms in total. The minimum atomic E-state index is -4.80. The van der Waals surface area contributed by atoms with Crippen molar-refractivity contribution in [2.24, 2.45) is 11.8 Å². The van der Waals surface area contributed by atoms with Crippen LogP contribution < -0.4 is 11.1 Å². The van der Waals surface area contributed by atoms with E-state index in [-0.39, 0.29) is 67.2 Å². The van der Waals surface area contributed by atoms with E-state index in [1.165, 1.54) is 11.0 Å². The van der Waals surface area contributed by atoms with Gasteiger partial charge in [0.05, 0.1) is 29.4 Å². The molecule has 3 N–H and O–H groups in total. The normalized spacial score (nSPS) is 20.5. The molecule has 0 aromatic heterocycles. The van der Waals surface area contributed by atoms with Crippen LogP contribution in [-0.4, -0.2) is 132 Å². The molecule has 2 aromatic carbocycles. The molecule has 1 atom stereocenters. The minimum absolute atomic E-state index is 0.0530. The Kier molecular flexibility index (Phi) is 14.7. The summed E-state index contributed by atoms with van der Waals surface area (Å²) in [6.07, 6.45) is 0.0233. The van der Waals surface area contributed by atoms with E-state index in [9.17, 15) is 37.1 Å². The lowest BCUT2D eigenvalue weighted by molar-refractivity contribution is -0.145. The molecule has 5 heterocycles. The van der Waals surface area contributed by atoms with E-state index >= 15 is 0 Å². The largest absolute Gasteiger partial charge is 0.465 e. The number of ether oxygens (including phenoxy) is 2. The van der Waals surface area contributed by atoms with Gasteiger partial charge < -0.3 is 40.1 Å². The van der Waals surface area contributed by atoms with E-state index in [1.807, 2.05) is 29.2 Å². The molecule has 4 fully saturated rings. The summed E-state index contributed by atoms with van der Waals surface area (Å²) in [5.41, 5.74) is 5.75. The number of piperidine rings is 4. The number of nitrogens with two attached hydrogens (primary N) is 1. The fraction of sp³-hybridized carbons (Fsp3) is 0.614. The lowest BCUT2D eigenvalue weighted by Crippen LogP contribution is -2.52. The van der Waals surface area contributed by atoms with Gasteiger partial charge in [-0.05, 0) is 112 Å². The number of benzene rings is 2. The number of hydrogen-bond acceptors (Lipinski definition) is 9. The second-order valence-electron chi connectivity index (χ2n) is 17.2. The van der Waals surface area contributed by atoms with Gasteiger partial charge in [0.25, 0.3) is 5.91 Å². The zero-order valence-electron chi connectivity index (χ0n) is 35.0. The standard InChI is InChI=1S/C44H57ClF3N7O7/c45-35-25-29(24-34(40(35)49)44(46,47)48)26-37(62-43(60)54-21-13-33(14-22-54)55-27-32-6-1-2-7-36(32)50-42(55)59)41(58)53-19-11-31(12-20-53)30-9-17-51(18-10-30)28-39(57)61-23-5-16-52-15-4-3-8-38(52)56/h1-2,6-7,24-25,30-31,33,37H,3-5,8-23,26-28,49H2,(H,50,59)/t37-/m1/s1. The van der Waals surface area contributed by atoms with Crippen LogP contribution in [0.2, 0.25) is 5.02 Å². The number of esters is 1. The van der Waals surface area contributed by atoms with Gasteiger partial charge in [-0.15, -0.1) is 0 Å². The summed E-state index contributed by atoms with van der Waals surface area (Å²) in [5.74, 6) is 0.151. The first-order valence-electron chi connectivity index (χ1n) is 21.9. The van der Waals surface area contributed by atoms with E-state index in [0.717, 1.165) is 62.6 Å². The number of nitrogens with one attached hydrogen (secondary N) is 1. The third-order valence-electron chi connectivity index (χ3n) is 13.2. The molecular formula is C44H57ClF3N7O7. The molecule has 5 aliphatic rings. The topological polar surface area (TPSA) is 158 Å². The zero-order valence-corrected chi connectivity index (χ0v) is 35.8. The van der Waals surface area contributed by atoms with E-state index in [4.69, 9.17) is 26.8 Å². The molecular weight excluding hydrogens is 831 g/mol. The third kappa shape index (κ3) is 11.2. The van der Waals surface area contributed by atoms with Crippen molar-refractivity contribution in [1.29, 1.82) is 0 Å². The molecule has 0 spiro atoms. The summed E-state index contributed by atoms with van der Waals surface area (Å²) in [6.45, 7) is 5.13. The fourth-order valence-corrected chi connectivity index (χ4v) is 9.88. The van der Waals surface area contributed by atoms with Crippen LogP contribution in [0.4, 0.5) is 34.1 Å². The maximum atomic E-state index is 14.2. The molecule has 5 aliphatic heterocycles. The molecule has 0 bridgehead atoms. The first-order valence-corrected chi connectivity index (χ1v) is 22.3. The number of alkyl halides is 3. The molecule has 0 unspecified atom stereocenters. The highest BCUT2D eigenvalue weighted by atomic mass is 35.5. The van der Waals surface area contributed by atoms with Crippen molar-refractivity contribution in [2.45, 2.75) is 95.5 Å². The minimum Gasteiger partial charge on any atom is -0.465 e. The Labute approximate surface area is 365 Å². The van der Waals surface area contributed by atoms with Crippen molar-refractivity contribution < 1.29 is 46.6 Å². The molecule has 2 aromatic rings. The number of carbonyl (C=O) groups excluding carboxylic acids is 5. The number of fused-ring (bicyclic) bond motifs is 1. The SMILES string of the molecule is Nc1c(Cl)cc(C[C@@H](OC(=O)N2CCC(N3Cc4ccccc4NC3=O)CC2)C(=O)N2CCC(C3CCN(CC(=O)OCCCN4CCCCC4=O)CC3)CC2)cc1C(F)(F)F. The first-order chi connectivity index (χ1) is 29.7. The number of para-hydroxylation sites is 1. The Hall–Kier alpha value is -4.77. The van der Waals surface area contributed by atoms with Crippen LogP contribution in [0.5, 0.6) is 0 Å². The van der Waals surface area contributed by atoms with Crippen LogP contribution in [0.15, 0.2) is 36.4 Å². The molecule has 0 aliphatic carbocycles. The molecule has 62 heavy (non-hydrogen) atoms. The summed E-state index contributed by atoms with van der Waals surface area (Å²) in [7, 11) is 0. The number of halogens is 4. The Morgan fingerprint density at radius 1 is 0.887 bits per heavy atom. The smallest absolute Gasteiger partial charge is 0.418 e. The second-order valence-corrected chi connectivity index (χ2v) is 17.6. The van der Waals surface area contributed by atoms with Crippen LogP contribution >= 0.6 is 11.6 Å². The number of nitrogen functional groups attached to an aromatic ring is 1. The summed E-state index contributed by atoms with van der Waals surface area (Å²) >= 11 is 6.15. The van der Waals surface area contributed by atoms with Crippen molar-refractivity contribution in [2.75, 3.05) is 76.6 Å². The van der Waals surface area contributed by atoms with Gasteiger partial charge in [0.1, 0.15) is 0 Å². The van der Waals surface area contributed by atoms with Gasteiger partial charge in [-0.3, -0.25) is 19.3 Å². The van der Waals surface area contributed by atoms with Crippen molar-refractivity contribution >= 4 is 52.9 Å². The number of amides is 5. The van der Waals surface area contributed by atoms with Gasteiger partial charge >= 0.3 is 24.3 Å². The van der Waals surface area contributed by atoms with Gasteiger partial charge in [0.2, 0.25) is 5.91 Å². The molecule has 5 amide bonds. The van der Waals surface area contributed by atoms with Crippen LogP contribution in [0, 0.1) is 11.8 Å². The zero-order chi connectivity index (χ0) is 44.0. The number of urea groups is 1. The quantitative estimate of drug-likeness (QED) is 0.140. The van der Waals surface area contributed by atoms with Crippen LogP contribution in [0.1, 0.15) is 80.9 Å². The molecule has 338 valence electrons. The van der Waals surface area contributed by atoms with Crippen LogP contribution in [0.3, 0.4) is 0 Å². The summed E-state index contributed by atoms with van der Waals surface area (Å²) in [6, 6.07) is 9.35. The van der Waals surface area contributed by atoms with Gasteiger partial charge in [-0.1, -0.05) is 29.8 Å². The van der Waals surface area contributed by atoms with E-state index in [1.54, 1.807) is 9.80 Å². The predicted octanol–water partition coefficient (Wildman–Crippen LogP) is 6.40. The van der Waals surface area contributed by atoms with Crippen molar-refractivity contribution in [3.8, 4) is 0 Å². The molecule has 0 radical (unpaired) electrons. The molecule has 0 saturated carbocycles. The van der Waals surface area contributed by atoms with E-state index < -0.39 is 35.5 Å². The average Bonchev–Trinajstić information content (AvgIpc) is 3.26. The highest BCUT2D eigenvalue weighted by molar-refractivity contribution is 6.33. The summed E-state index contributed by atoms with van der Waals surface area (Å²) in [5, 5.41) is 2.61. The van der Waals surface area contributed by atoms with Gasteiger partial charge in [-0.2, -0.15) is 13.2 Å². The molecule has 7 rings (SSSR count).